The highest BCUT2D eigenvalue weighted by atomic mass is 19.1. The molecule has 0 saturated carbocycles. The summed E-state index contributed by atoms with van der Waals surface area (Å²) in [4.78, 5) is 24.8. The first kappa shape index (κ1) is 25.0. The van der Waals surface area contributed by atoms with Crippen LogP contribution in [0.25, 0.3) is 0 Å². The van der Waals surface area contributed by atoms with E-state index in [1.165, 1.54) is 12.1 Å². The van der Waals surface area contributed by atoms with Crippen molar-refractivity contribution in [2.24, 2.45) is 17.6 Å². The molecule has 0 heterocycles. The summed E-state index contributed by atoms with van der Waals surface area (Å²) in [6, 6.07) is 1.65. The fraction of sp³-hybridized carbons (Fsp3) is 0.619. The Balaban J connectivity index is 2.53. The largest absolute Gasteiger partial charge is 0.354 e. The Morgan fingerprint density at radius 3 is 2.07 bits per heavy atom. The molecule has 6 nitrogen and oxygen atoms in total. The van der Waals surface area contributed by atoms with Gasteiger partial charge in [-0.15, -0.1) is 0 Å². The smallest absolute Gasteiger partial charge is 0.242 e. The molecular formula is C21H34F2N4O2. The minimum absolute atomic E-state index is 0.0663. The minimum atomic E-state index is -0.650. The topological polar surface area (TPSA) is 96.2 Å². The van der Waals surface area contributed by atoms with Gasteiger partial charge < -0.3 is 21.7 Å². The van der Waals surface area contributed by atoms with Crippen LogP contribution in [0.4, 0.5) is 8.78 Å². The average molecular weight is 413 g/mol. The Hall–Kier alpha value is -2.06. The zero-order valence-electron chi connectivity index (χ0n) is 17.9. The van der Waals surface area contributed by atoms with E-state index >= 15 is 0 Å². The van der Waals surface area contributed by atoms with Gasteiger partial charge in [-0.3, -0.25) is 9.59 Å². The van der Waals surface area contributed by atoms with Gasteiger partial charge in [0.25, 0.3) is 0 Å². The quantitative estimate of drug-likeness (QED) is 0.445. The Kier molecular flexibility index (Phi) is 10.2. The van der Waals surface area contributed by atoms with Gasteiger partial charge in [0.2, 0.25) is 11.8 Å². The van der Waals surface area contributed by atoms with Gasteiger partial charge in [-0.05, 0) is 42.9 Å². The molecule has 29 heavy (non-hydrogen) atoms. The molecule has 3 atom stereocenters. The van der Waals surface area contributed by atoms with Gasteiger partial charge in [0.15, 0.2) is 0 Å². The predicted octanol–water partition coefficient (Wildman–Crippen LogP) is 1.73. The van der Waals surface area contributed by atoms with Gasteiger partial charge in [0, 0.05) is 25.2 Å². The van der Waals surface area contributed by atoms with E-state index in [0.717, 1.165) is 6.07 Å². The van der Waals surface area contributed by atoms with Crippen molar-refractivity contribution in [3.8, 4) is 0 Å². The molecule has 5 N–H and O–H groups in total. The Bertz CT molecular complexity index is 662. The molecule has 8 heteroatoms. The van der Waals surface area contributed by atoms with E-state index < -0.39 is 29.8 Å². The molecule has 1 aromatic rings. The third kappa shape index (κ3) is 9.32. The summed E-state index contributed by atoms with van der Waals surface area (Å²) in [6.45, 7) is 10.2. The molecule has 1 aromatic carbocycles. The highest BCUT2D eigenvalue weighted by molar-refractivity contribution is 5.89. The molecule has 0 aliphatic heterocycles. The van der Waals surface area contributed by atoms with Crippen LogP contribution < -0.4 is 21.7 Å². The lowest BCUT2D eigenvalue weighted by Crippen LogP contribution is -2.55. The van der Waals surface area contributed by atoms with Gasteiger partial charge in [0.05, 0.1) is 6.04 Å². The summed E-state index contributed by atoms with van der Waals surface area (Å²) in [5, 5.41) is 8.62. The van der Waals surface area contributed by atoms with Crippen LogP contribution in [0, 0.1) is 23.5 Å². The van der Waals surface area contributed by atoms with Gasteiger partial charge >= 0.3 is 0 Å². The average Bonchev–Trinajstić information content (AvgIpc) is 2.60. The molecular weight excluding hydrogens is 378 g/mol. The molecule has 0 radical (unpaired) electrons. The summed E-state index contributed by atoms with van der Waals surface area (Å²) in [5.74, 6) is -1.57. The number of amides is 2. The van der Waals surface area contributed by atoms with E-state index in [0.29, 0.717) is 18.0 Å². The molecule has 3 unspecified atom stereocenters. The van der Waals surface area contributed by atoms with Crippen LogP contribution in [-0.4, -0.2) is 43.0 Å². The van der Waals surface area contributed by atoms with E-state index in [1.807, 2.05) is 27.7 Å². The number of benzene rings is 1. The fourth-order valence-corrected chi connectivity index (χ4v) is 2.75. The third-order valence-electron chi connectivity index (χ3n) is 4.43. The molecule has 0 saturated heterocycles. The maximum atomic E-state index is 13.3. The van der Waals surface area contributed by atoms with Crippen LogP contribution in [0.3, 0.4) is 0 Å². The maximum Gasteiger partial charge on any atom is 0.242 e. The molecule has 0 fully saturated rings. The highest BCUT2D eigenvalue weighted by Crippen LogP contribution is 2.09. The molecule has 0 aliphatic carbocycles. The van der Waals surface area contributed by atoms with Crippen molar-refractivity contribution in [1.82, 2.24) is 16.0 Å². The second-order valence-corrected chi connectivity index (χ2v) is 8.24. The lowest BCUT2D eigenvalue weighted by Gasteiger charge is -2.25. The normalized spacial score (nSPS) is 14.6. The number of hydrogen-bond donors (Lipinski definition) is 4. The lowest BCUT2D eigenvalue weighted by atomic mass is 10.0. The summed E-state index contributed by atoms with van der Waals surface area (Å²) < 4.78 is 26.5. The molecule has 0 spiro atoms. The number of hydrogen-bond acceptors (Lipinski definition) is 4. The van der Waals surface area contributed by atoms with E-state index in [2.05, 4.69) is 16.0 Å². The second-order valence-electron chi connectivity index (χ2n) is 8.24. The zero-order chi connectivity index (χ0) is 22.1. The van der Waals surface area contributed by atoms with E-state index in [9.17, 15) is 18.4 Å². The third-order valence-corrected chi connectivity index (χ3v) is 4.43. The summed E-state index contributed by atoms with van der Waals surface area (Å²) in [6.07, 6.45) is 0.266. The van der Waals surface area contributed by atoms with E-state index in [1.54, 1.807) is 6.92 Å². The van der Waals surface area contributed by atoms with Crippen molar-refractivity contribution < 1.29 is 18.4 Å². The summed E-state index contributed by atoms with van der Waals surface area (Å²) in [5.41, 5.74) is 6.47. The first-order chi connectivity index (χ1) is 13.5. The summed E-state index contributed by atoms with van der Waals surface area (Å²) in [7, 11) is 0. The predicted molar refractivity (Wildman–Crippen MR) is 110 cm³/mol. The molecule has 1 rings (SSSR count). The molecule has 164 valence electrons. The Labute approximate surface area is 172 Å². The zero-order valence-corrected chi connectivity index (χ0v) is 17.9. The highest BCUT2D eigenvalue weighted by Gasteiger charge is 2.26. The summed E-state index contributed by atoms with van der Waals surface area (Å²) >= 11 is 0. The molecule has 0 aromatic heterocycles. The Morgan fingerprint density at radius 1 is 0.966 bits per heavy atom. The number of carbonyl (C=O) groups is 2. The SMILES string of the molecule is CC(C)CNC(=O)C(NC(=O)C(C)NCC(N)Cc1cc(F)cc(F)c1)C(C)C. The maximum absolute atomic E-state index is 13.3. The van der Waals surface area contributed by atoms with Crippen molar-refractivity contribution in [3.05, 3.63) is 35.4 Å². The number of rotatable bonds is 11. The number of nitrogens with one attached hydrogen (secondary N) is 3. The standard InChI is InChI=1S/C21H34F2N4O2/c1-12(2)10-26-21(29)19(13(3)4)27-20(28)14(5)25-11-18(24)8-15-6-16(22)9-17(23)7-15/h6-7,9,12-14,18-19,25H,8,10-11,24H2,1-5H3,(H,26,29)(H,27,28). The van der Waals surface area contributed by atoms with Crippen LogP contribution in [0.5, 0.6) is 0 Å². The monoisotopic (exact) mass is 412 g/mol. The van der Waals surface area contributed by atoms with Crippen LogP contribution in [0.2, 0.25) is 0 Å². The second kappa shape index (κ2) is 11.8. The van der Waals surface area contributed by atoms with Crippen molar-refractivity contribution in [3.63, 3.8) is 0 Å². The van der Waals surface area contributed by atoms with Crippen molar-refractivity contribution >= 4 is 11.8 Å². The van der Waals surface area contributed by atoms with E-state index in [-0.39, 0.29) is 30.7 Å². The Morgan fingerprint density at radius 2 is 1.55 bits per heavy atom. The van der Waals surface area contributed by atoms with Crippen LogP contribution in [0.1, 0.15) is 40.2 Å². The van der Waals surface area contributed by atoms with Gasteiger partial charge in [-0.1, -0.05) is 27.7 Å². The number of nitrogens with two attached hydrogens (primary N) is 1. The van der Waals surface area contributed by atoms with Crippen molar-refractivity contribution in [2.75, 3.05) is 13.1 Å². The van der Waals surface area contributed by atoms with Gasteiger partial charge in [0.1, 0.15) is 17.7 Å². The molecule has 0 aliphatic rings. The van der Waals surface area contributed by atoms with Gasteiger partial charge in [-0.2, -0.15) is 0 Å². The lowest BCUT2D eigenvalue weighted by molar-refractivity contribution is -0.130. The van der Waals surface area contributed by atoms with Crippen LogP contribution in [-0.2, 0) is 16.0 Å². The number of halogens is 2. The van der Waals surface area contributed by atoms with Crippen molar-refractivity contribution in [2.45, 2.75) is 59.2 Å². The molecule has 2 amide bonds. The minimum Gasteiger partial charge on any atom is -0.354 e. The van der Waals surface area contributed by atoms with Crippen LogP contribution in [0.15, 0.2) is 18.2 Å². The first-order valence-electron chi connectivity index (χ1n) is 10.0. The van der Waals surface area contributed by atoms with Crippen molar-refractivity contribution in [1.29, 1.82) is 0 Å². The van der Waals surface area contributed by atoms with E-state index in [4.69, 9.17) is 5.73 Å². The van der Waals surface area contributed by atoms with Gasteiger partial charge in [-0.25, -0.2) is 8.78 Å². The molecule has 0 bridgehead atoms. The first-order valence-corrected chi connectivity index (χ1v) is 10.0. The van der Waals surface area contributed by atoms with Crippen LogP contribution >= 0.6 is 0 Å². The number of carbonyl (C=O) groups excluding carboxylic acids is 2. The fourth-order valence-electron chi connectivity index (χ4n) is 2.75.